The zero-order chi connectivity index (χ0) is 17.7. The summed E-state index contributed by atoms with van der Waals surface area (Å²) in [5.41, 5.74) is 0.484. The van der Waals surface area contributed by atoms with E-state index in [1.165, 1.54) is 36.4 Å². The molecular weight excluding hydrogens is 344 g/mol. The van der Waals surface area contributed by atoms with Gasteiger partial charge in [0.2, 0.25) is 6.19 Å². The molecule has 0 amide bonds. The number of nitrogens with zero attached hydrogens (tertiary/aromatic N) is 2. The fourth-order valence-corrected chi connectivity index (χ4v) is 2.41. The third-order valence-electron chi connectivity index (χ3n) is 3.27. The standard InChI is InChI=1S/C17H11ClF4N2/c18-16-6-3-12(9-15(16)17(20,21)22)8-14(24-10-23)7-11-1-4-13(19)5-2-11/h1-6,9H,7-8H2. The third kappa shape index (κ3) is 4.80. The molecule has 0 saturated heterocycles. The molecule has 0 fully saturated rings. The van der Waals surface area contributed by atoms with Crippen molar-refractivity contribution in [2.24, 2.45) is 4.99 Å². The van der Waals surface area contributed by atoms with Crippen molar-refractivity contribution in [3.8, 4) is 6.19 Å². The molecular formula is C17H11ClF4N2. The Kier molecular flexibility index (Phi) is 5.58. The van der Waals surface area contributed by atoms with Gasteiger partial charge in [0.15, 0.2) is 0 Å². The Labute approximate surface area is 141 Å². The Bertz CT molecular complexity index is 790. The number of alkyl halides is 3. The average molecular weight is 355 g/mol. The van der Waals surface area contributed by atoms with Crippen LogP contribution in [0.25, 0.3) is 0 Å². The molecule has 0 bridgehead atoms. The molecule has 2 rings (SSSR count). The minimum absolute atomic E-state index is 0.0607. The van der Waals surface area contributed by atoms with Crippen molar-refractivity contribution in [3.05, 3.63) is 70.0 Å². The zero-order valence-electron chi connectivity index (χ0n) is 12.2. The van der Waals surface area contributed by atoms with E-state index in [0.717, 1.165) is 6.07 Å². The number of hydrogen-bond acceptors (Lipinski definition) is 2. The second-order valence-corrected chi connectivity index (χ2v) is 5.48. The van der Waals surface area contributed by atoms with Crippen molar-refractivity contribution in [3.63, 3.8) is 0 Å². The summed E-state index contributed by atoms with van der Waals surface area (Å²) in [5, 5.41) is 8.38. The monoisotopic (exact) mass is 354 g/mol. The molecule has 2 aromatic rings. The van der Waals surface area contributed by atoms with Crippen molar-refractivity contribution in [2.45, 2.75) is 19.0 Å². The van der Waals surface area contributed by atoms with Crippen molar-refractivity contribution in [2.75, 3.05) is 0 Å². The summed E-state index contributed by atoms with van der Waals surface area (Å²) in [7, 11) is 0. The lowest BCUT2D eigenvalue weighted by Gasteiger charge is -2.11. The van der Waals surface area contributed by atoms with E-state index in [-0.39, 0.29) is 17.9 Å². The maximum absolute atomic E-state index is 12.9. The molecule has 24 heavy (non-hydrogen) atoms. The normalized spacial score (nSPS) is 12.1. The van der Waals surface area contributed by atoms with Gasteiger partial charge in [0.25, 0.3) is 0 Å². The van der Waals surface area contributed by atoms with E-state index in [9.17, 15) is 17.6 Å². The van der Waals surface area contributed by atoms with Crippen molar-refractivity contribution in [1.82, 2.24) is 0 Å². The van der Waals surface area contributed by atoms with Gasteiger partial charge >= 0.3 is 6.18 Å². The quantitative estimate of drug-likeness (QED) is 0.422. The molecule has 124 valence electrons. The van der Waals surface area contributed by atoms with Crippen molar-refractivity contribution >= 4 is 17.3 Å². The fourth-order valence-electron chi connectivity index (χ4n) is 2.19. The Morgan fingerprint density at radius 3 is 2.21 bits per heavy atom. The molecule has 0 aliphatic rings. The summed E-state index contributed by atoms with van der Waals surface area (Å²) in [4.78, 5) is 3.67. The Balaban J connectivity index is 2.24. The van der Waals surface area contributed by atoms with E-state index in [1.54, 1.807) is 6.19 Å². The number of rotatable bonds is 4. The molecule has 0 aliphatic carbocycles. The number of benzene rings is 2. The smallest absolute Gasteiger partial charge is 0.207 e. The predicted octanol–water partition coefficient (Wildman–Crippen LogP) is 5.21. The highest BCUT2D eigenvalue weighted by molar-refractivity contribution is 6.31. The summed E-state index contributed by atoms with van der Waals surface area (Å²) < 4.78 is 51.6. The molecule has 0 spiro atoms. The molecule has 0 heterocycles. The van der Waals surface area contributed by atoms with Crippen LogP contribution in [0.5, 0.6) is 0 Å². The molecule has 0 N–H and O–H groups in total. The van der Waals surface area contributed by atoms with Crippen LogP contribution in [0.2, 0.25) is 5.02 Å². The van der Waals surface area contributed by atoms with Crippen LogP contribution in [0.1, 0.15) is 16.7 Å². The maximum atomic E-state index is 12.9. The summed E-state index contributed by atoms with van der Waals surface area (Å²) in [6, 6.07) is 9.17. The molecule has 2 nitrogen and oxygen atoms in total. The summed E-state index contributed by atoms with van der Waals surface area (Å²) >= 11 is 5.59. The predicted molar refractivity (Wildman–Crippen MR) is 83.3 cm³/mol. The van der Waals surface area contributed by atoms with Gasteiger partial charge in [0.1, 0.15) is 5.82 Å². The molecule has 0 unspecified atom stereocenters. The summed E-state index contributed by atoms with van der Waals surface area (Å²) in [6.45, 7) is 0. The number of hydrogen-bond donors (Lipinski definition) is 0. The molecule has 2 aromatic carbocycles. The van der Waals surface area contributed by atoms with Crippen LogP contribution < -0.4 is 0 Å². The van der Waals surface area contributed by atoms with Crippen LogP contribution in [0.4, 0.5) is 17.6 Å². The first kappa shape index (κ1) is 18.0. The van der Waals surface area contributed by atoms with Gasteiger partial charge in [-0.1, -0.05) is 29.8 Å². The first-order valence-electron chi connectivity index (χ1n) is 6.84. The zero-order valence-corrected chi connectivity index (χ0v) is 13.0. The van der Waals surface area contributed by atoms with Gasteiger partial charge in [-0.15, -0.1) is 0 Å². The lowest BCUT2D eigenvalue weighted by molar-refractivity contribution is -0.137. The third-order valence-corrected chi connectivity index (χ3v) is 3.60. The molecule has 0 aliphatic heterocycles. The fraction of sp³-hybridized carbons (Fsp3) is 0.176. The van der Waals surface area contributed by atoms with Crippen LogP contribution in [0, 0.1) is 17.3 Å². The number of halogens is 5. The lowest BCUT2D eigenvalue weighted by Crippen LogP contribution is -2.10. The Hall–Kier alpha value is -2.39. The van der Waals surface area contributed by atoms with Crippen LogP contribution >= 0.6 is 11.6 Å². The maximum Gasteiger partial charge on any atom is 0.417 e. The molecule has 0 atom stereocenters. The Morgan fingerprint density at radius 1 is 1.04 bits per heavy atom. The highest BCUT2D eigenvalue weighted by atomic mass is 35.5. The van der Waals surface area contributed by atoms with E-state index in [4.69, 9.17) is 16.9 Å². The molecule has 0 saturated carbocycles. The average Bonchev–Trinajstić information content (AvgIpc) is 2.50. The topological polar surface area (TPSA) is 36.1 Å². The highest BCUT2D eigenvalue weighted by Gasteiger charge is 2.33. The van der Waals surface area contributed by atoms with Gasteiger partial charge in [-0.05, 0) is 35.4 Å². The highest BCUT2D eigenvalue weighted by Crippen LogP contribution is 2.35. The number of aliphatic imine (C=N–C) groups is 1. The SMILES string of the molecule is N#CN=C(Cc1ccc(F)cc1)Cc1ccc(Cl)c(C(F)(F)F)c1. The Morgan fingerprint density at radius 2 is 1.62 bits per heavy atom. The second-order valence-electron chi connectivity index (χ2n) is 5.07. The van der Waals surface area contributed by atoms with Crippen LogP contribution in [0.15, 0.2) is 47.5 Å². The van der Waals surface area contributed by atoms with Gasteiger partial charge in [0, 0.05) is 18.6 Å². The summed E-state index contributed by atoms with van der Waals surface area (Å²) in [6.07, 6.45) is -2.62. The van der Waals surface area contributed by atoms with E-state index in [2.05, 4.69) is 4.99 Å². The van der Waals surface area contributed by atoms with Gasteiger partial charge in [0.05, 0.1) is 10.6 Å². The van der Waals surface area contributed by atoms with Crippen LogP contribution in [-0.2, 0) is 19.0 Å². The van der Waals surface area contributed by atoms with Gasteiger partial charge < -0.3 is 0 Å². The molecule has 0 aromatic heterocycles. The van der Waals surface area contributed by atoms with Crippen molar-refractivity contribution < 1.29 is 17.6 Å². The minimum Gasteiger partial charge on any atom is -0.207 e. The van der Waals surface area contributed by atoms with E-state index in [1.807, 2.05) is 0 Å². The minimum atomic E-state index is -4.56. The van der Waals surface area contributed by atoms with Crippen LogP contribution in [-0.4, -0.2) is 5.71 Å². The van der Waals surface area contributed by atoms with Crippen molar-refractivity contribution in [1.29, 1.82) is 5.26 Å². The van der Waals surface area contributed by atoms with Gasteiger partial charge in [-0.3, -0.25) is 0 Å². The first-order chi connectivity index (χ1) is 11.3. The van der Waals surface area contributed by atoms with Gasteiger partial charge in [-0.2, -0.15) is 23.4 Å². The molecule has 0 radical (unpaired) electrons. The summed E-state index contributed by atoms with van der Waals surface area (Å²) in [5.74, 6) is -0.398. The van der Waals surface area contributed by atoms with E-state index < -0.39 is 17.6 Å². The number of nitriles is 1. The lowest BCUT2D eigenvalue weighted by atomic mass is 10.00. The van der Waals surface area contributed by atoms with Gasteiger partial charge in [-0.25, -0.2) is 4.39 Å². The van der Waals surface area contributed by atoms with E-state index >= 15 is 0 Å². The van der Waals surface area contributed by atoms with E-state index in [0.29, 0.717) is 16.8 Å². The largest absolute Gasteiger partial charge is 0.417 e. The first-order valence-corrected chi connectivity index (χ1v) is 7.22. The van der Waals surface area contributed by atoms with Crippen LogP contribution in [0.3, 0.4) is 0 Å². The molecule has 7 heteroatoms. The second kappa shape index (κ2) is 7.45.